The van der Waals surface area contributed by atoms with Crippen LogP contribution in [0.4, 0.5) is 29.3 Å². The minimum Gasteiger partial charge on any atom is -0.462 e. The van der Waals surface area contributed by atoms with Gasteiger partial charge in [-0.3, -0.25) is 29.4 Å². The number of ether oxygens (including phenoxy) is 2. The van der Waals surface area contributed by atoms with E-state index < -0.39 is 57.7 Å². The summed E-state index contributed by atoms with van der Waals surface area (Å²) < 4.78 is 49.8. The van der Waals surface area contributed by atoms with Crippen molar-refractivity contribution < 1.29 is 46.7 Å². The molecule has 46 heavy (non-hydrogen) atoms. The fourth-order valence-electron chi connectivity index (χ4n) is 3.89. The Morgan fingerprint density at radius 3 is 2.48 bits per heavy atom. The van der Waals surface area contributed by atoms with Crippen molar-refractivity contribution in [3.8, 4) is 11.5 Å². The molecule has 1 N–H and O–H groups in total. The van der Waals surface area contributed by atoms with Gasteiger partial charge in [-0.15, -0.1) is 0 Å². The summed E-state index contributed by atoms with van der Waals surface area (Å²) in [6.45, 7) is 1.38. The van der Waals surface area contributed by atoms with Gasteiger partial charge in [-0.1, -0.05) is 24.6 Å². The van der Waals surface area contributed by atoms with Gasteiger partial charge in [0.15, 0.2) is 0 Å². The van der Waals surface area contributed by atoms with Gasteiger partial charge >= 0.3 is 17.8 Å². The molecular weight excluding hydrogens is 723 g/mol. The molecule has 1 aliphatic heterocycles. The van der Waals surface area contributed by atoms with Gasteiger partial charge in [-0.25, -0.2) is 4.79 Å². The van der Waals surface area contributed by atoms with Crippen molar-refractivity contribution in [1.29, 1.82) is 0 Å². The molecule has 240 valence electrons. The minimum atomic E-state index is -4.79. The molecule has 0 radical (unpaired) electrons. The molecule has 1 fully saturated rings. The van der Waals surface area contributed by atoms with E-state index in [0.29, 0.717) is 35.9 Å². The third-order valence-corrected chi connectivity index (χ3v) is 7.90. The summed E-state index contributed by atoms with van der Waals surface area (Å²) in [5.74, 6) is -2.56. The van der Waals surface area contributed by atoms with Crippen LogP contribution < -0.4 is 10.1 Å². The van der Waals surface area contributed by atoms with E-state index in [1.807, 2.05) is 6.92 Å². The number of nitro groups is 1. The third-order valence-electron chi connectivity index (χ3n) is 6.04. The summed E-state index contributed by atoms with van der Waals surface area (Å²) in [7, 11) is 0. The first-order valence-electron chi connectivity index (χ1n) is 13.0. The lowest BCUT2D eigenvalue weighted by Crippen LogP contribution is -2.36. The minimum absolute atomic E-state index is 0.0100. The number of imide groups is 1. The van der Waals surface area contributed by atoms with Crippen LogP contribution in [0.1, 0.15) is 34.8 Å². The molecule has 0 unspecified atom stereocenters. The zero-order valence-corrected chi connectivity index (χ0v) is 26.5. The first-order valence-corrected chi connectivity index (χ1v) is 15.0. The van der Waals surface area contributed by atoms with E-state index in [2.05, 4.69) is 21.2 Å². The van der Waals surface area contributed by atoms with Gasteiger partial charge in [0.05, 0.1) is 37.1 Å². The van der Waals surface area contributed by atoms with Gasteiger partial charge in [-0.2, -0.15) is 13.2 Å². The molecule has 0 aromatic heterocycles. The lowest BCUT2D eigenvalue weighted by molar-refractivity contribution is -0.385. The Hall–Kier alpha value is -4.41. The normalized spacial score (nSPS) is 14.0. The predicted octanol–water partition coefficient (Wildman–Crippen LogP) is 8.06. The zero-order valence-electron chi connectivity index (χ0n) is 23.4. The van der Waals surface area contributed by atoms with Crippen molar-refractivity contribution in [2.75, 3.05) is 18.5 Å². The molecule has 3 aromatic carbocycles. The number of nitrogens with one attached hydrogen (secondary N) is 1. The van der Waals surface area contributed by atoms with Crippen LogP contribution in [0.15, 0.2) is 64.0 Å². The summed E-state index contributed by atoms with van der Waals surface area (Å²) in [6, 6.07) is 10.2. The van der Waals surface area contributed by atoms with E-state index in [1.165, 1.54) is 42.5 Å². The summed E-state index contributed by atoms with van der Waals surface area (Å²) in [5.41, 5.74) is -1.50. The van der Waals surface area contributed by atoms with Crippen LogP contribution >= 0.6 is 39.3 Å². The van der Waals surface area contributed by atoms with Gasteiger partial charge in [0.1, 0.15) is 12.3 Å². The first kappa shape index (κ1) is 34.5. The molecule has 1 aliphatic rings. The number of nitrogens with zero attached hydrogens (tertiary/aromatic N) is 2. The van der Waals surface area contributed by atoms with Gasteiger partial charge in [0.25, 0.3) is 11.1 Å². The second kappa shape index (κ2) is 14.3. The summed E-state index contributed by atoms with van der Waals surface area (Å²) in [4.78, 5) is 61.5. The number of esters is 1. The third kappa shape index (κ3) is 8.24. The number of rotatable bonds is 10. The van der Waals surface area contributed by atoms with E-state index >= 15 is 0 Å². The highest BCUT2D eigenvalue weighted by Gasteiger charge is 2.37. The molecule has 1 saturated heterocycles. The fraction of sp³-hybridized carbons (Fsp3) is 0.172. The van der Waals surface area contributed by atoms with Crippen molar-refractivity contribution in [1.82, 2.24) is 4.90 Å². The molecule has 0 spiro atoms. The van der Waals surface area contributed by atoms with E-state index in [9.17, 15) is 42.5 Å². The number of hydrogen-bond acceptors (Lipinski definition) is 9. The Kier molecular flexibility index (Phi) is 10.7. The number of hydrogen-bond donors (Lipinski definition) is 1. The Bertz CT molecular complexity index is 1790. The predicted molar refractivity (Wildman–Crippen MR) is 166 cm³/mol. The molecule has 17 heteroatoms. The number of alkyl halides is 3. The monoisotopic (exact) mass is 741 g/mol. The largest absolute Gasteiger partial charge is 0.462 e. The number of carbonyl (C=O) groups excluding carboxylic acids is 4. The van der Waals surface area contributed by atoms with Crippen molar-refractivity contribution in [2.24, 2.45) is 0 Å². The first-order chi connectivity index (χ1) is 21.7. The van der Waals surface area contributed by atoms with Crippen LogP contribution in [0.3, 0.4) is 0 Å². The molecular formula is C29H20BrClF3N3O8S. The van der Waals surface area contributed by atoms with Crippen LogP contribution in [0, 0.1) is 10.1 Å². The van der Waals surface area contributed by atoms with Crippen LogP contribution in [0.25, 0.3) is 6.08 Å². The Balaban J connectivity index is 1.45. The van der Waals surface area contributed by atoms with Crippen LogP contribution in [-0.4, -0.2) is 46.0 Å². The average molecular weight is 743 g/mol. The topological polar surface area (TPSA) is 145 Å². The molecule has 11 nitrogen and oxygen atoms in total. The maximum absolute atomic E-state index is 13.0. The summed E-state index contributed by atoms with van der Waals surface area (Å²) in [5, 5.41) is 13.3. The van der Waals surface area contributed by atoms with Crippen LogP contribution in [0.2, 0.25) is 5.02 Å². The van der Waals surface area contributed by atoms with Crippen molar-refractivity contribution in [3.05, 3.63) is 95.8 Å². The van der Waals surface area contributed by atoms with E-state index in [0.717, 1.165) is 11.0 Å². The molecule has 1 heterocycles. The quantitative estimate of drug-likeness (QED) is 0.0944. The smallest absolute Gasteiger partial charge is 0.416 e. The van der Waals surface area contributed by atoms with Crippen molar-refractivity contribution in [3.63, 3.8) is 0 Å². The van der Waals surface area contributed by atoms with Crippen LogP contribution in [0.5, 0.6) is 11.5 Å². The maximum atomic E-state index is 13.0. The van der Waals surface area contributed by atoms with E-state index in [1.54, 1.807) is 0 Å². The molecule has 3 amide bonds. The number of thioether (sulfide) groups is 1. The zero-order chi connectivity index (χ0) is 33.8. The van der Waals surface area contributed by atoms with E-state index in [4.69, 9.17) is 21.1 Å². The van der Waals surface area contributed by atoms with E-state index in [-0.39, 0.29) is 38.0 Å². The highest BCUT2D eigenvalue weighted by molar-refractivity contribution is 9.10. The lowest BCUT2D eigenvalue weighted by atomic mass is 10.1. The van der Waals surface area contributed by atoms with Crippen molar-refractivity contribution >= 4 is 79.8 Å². The number of anilines is 1. The molecule has 0 atom stereocenters. The number of nitro benzene ring substituents is 1. The average Bonchev–Trinajstić information content (AvgIpc) is 3.24. The summed E-state index contributed by atoms with van der Waals surface area (Å²) >= 11 is 9.89. The number of carbonyl (C=O) groups is 4. The summed E-state index contributed by atoms with van der Waals surface area (Å²) in [6.07, 6.45) is -2.83. The van der Waals surface area contributed by atoms with Gasteiger partial charge in [0.2, 0.25) is 11.7 Å². The lowest BCUT2D eigenvalue weighted by Gasteiger charge is -2.13. The number of amides is 3. The Labute approximate surface area is 275 Å². The van der Waals surface area contributed by atoms with Crippen molar-refractivity contribution in [2.45, 2.75) is 19.5 Å². The molecule has 4 rings (SSSR count). The highest BCUT2D eigenvalue weighted by Crippen LogP contribution is 2.40. The maximum Gasteiger partial charge on any atom is 0.416 e. The second-order valence-electron chi connectivity index (χ2n) is 9.38. The molecule has 0 aliphatic carbocycles. The fourth-order valence-corrected chi connectivity index (χ4v) is 5.40. The van der Waals surface area contributed by atoms with Gasteiger partial charge in [0, 0.05) is 11.8 Å². The molecule has 0 saturated carbocycles. The molecule has 3 aromatic rings. The SMILES string of the molecule is CCCOC(=O)c1cc(NC(=O)CN2C(=O)S/C(=C/c3ccc(Oc4ccc(C(F)(F)F)cc4[N+](=O)[O-])c(Br)c3)C2=O)ccc1Cl. The van der Waals surface area contributed by atoms with Crippen LogP contribution in [-0.2, 0) is 20.5 Å². The standard InChI is InChI=1S/C29H20BrClF3N3O8S/c1-2-9-44-27(40)18-13-17(5-6-20(18)31)35-25(38)14-36-26(39)24(46-28(36)41)11-15-3-7-22(19(30)10-15)45-23-8-4-16(29(32,33)34)12-21(23)37(42)43/h3-8,10-13H,2,9,14H2,1H3,(H,35,38)/b24-11+. The van der Waals surface area contributed by atoms with Gasteiger partial charge in [-0.05, 0) is 88.2 Å². The number of halogens is 5. The Morgan fingerprint density at radius 2 is 1.83 bits per heavy atom. The second-order valence-corrected chi connectivity index (χ2v) is 11.6. The molecule has 0 bridgehead atoms. The highest BCUT2D eigenvalue weighted by atomic mass is 79.9. The van der Waals surface area contributed by atoms with Gasteiger partial charge < -0.3 is 14.8 Å². The number of benzene rings is 3. The Morgan fingerprint density at radius 1 is 1.11 bits per heavy atom.